The lowest BCUT2D eigenvalue weighted by molar-refractivity contribution is -0.137. The molecule has 158 valence electrons. The van der Waals surface area contributed by atoms with Gasteiger partial charge in [-0.1, -0.05) is 76.0 Å². The van der Waals surface area contributed by atoms with Crippen molar-refractivity contribution >= 4 is 46.3 Å². The average molecular weight is 445 g/mol. The number of carbonyl (C=O) groups excluding carboxylic acids is 2. The average Bonchev–Trinajstić information content (AvgIpc) is 2.86. The minimum absolute atomic E-state index is 0.0208. The van der Waals surface area contributed by atoms with Gasteiger partial charge in [0.05, 0.1) is 10.6 Å². The molecule has 0 unspecified atom stereocenters. The summed E-state index contributed by atoms with van der Waals surface area (Å²) in [7, 11) is 0. The number of rotatable bonds is 5. The van der Waals surface area contributed by atoms with Crippen LogP contribution in [0.15, 0.2) is 48.2 Å². The molecule has 4 nitrogen and oxygen atoms in total. The van der Waals surface area contributed by atoms with E-state index >= 15 is 0 Å². The third-order valence-corrected chi connectivity index (χ3v) is 5.48. The van der Waals surface area contributed by atoms with Gasteiger partial charge in [-0.15, -0.1) is 0 Å². The Kier molecular flexibility index (Phi) is 6.30. The number of hydrogen-bond acceptors (Lipinski definition) is 3. The van der Waals surface area contributed by atoms with Crippen LogP contribution in [0.1, 0.15) is 45.7 Å². The van der Waals surface area contributed by atoms with Gasteiger partial charge >= 0.3 is 0 Å². The number of carbonyl (C=O) groups is 2. The number of anilines is 1. The van der Waals surface area contributed by atoms with Crippen LogP contribution in [0.4, 0.5) is 5.69 Å². The van der Waals surface area contributed by atoms with E-state index in [1.807, 2.05) is 38.1 Å². The van der Waals surface area contributed by atoms with Crippen molar-refractivity contribution in [3.63, 3.8) is 0 Å². The van der Waals surface area contributed by atoms with Crippen LogP contribution in [0.3, 0.4) is 0 Å². The standard InChI is InChI=1S/C24H26Cl2N2O2/c1-14(2)13-28-22(29)20(18-11-8-16(25)12-19(18)26)21(23(28)30)27-17-9-6-15(7-10-17)24(3,4)5/h6-12,14,27H,13H2,1-5H3. The number of benzene rings is 2. The zero-order valence-electron chi connectivity index (χ0n) is 17.8. The number of amides is 2. The van der Waals surface area contributed by atoms with Gasteiger partial charge in [0.1, 0.15) is 5.70 Å². The number of halogens is 2. The summed E-state index contributed by atoms with van der Waals surface area (Å²) in [5.74, 6) is -0.563. The Balaban J connectivity index is 2.06. The molecule has 0 fully saturated rings. The van der Waals surface area contributed by atoms with Crippen molar-refractivity contribution < 1.29 is 9.59 Å². The van der Waals surface area contributed by atoms with Gasteiger partial charge in [-0.2, -0.15) is 0 Å². The van der Waals surface area contributed by atoms with Crippen LogP contribution in [0.5, 0.6) is 0 Å². The molecule has 1 aliphatic heterocycles. The highest BCUT2D eigenvalue weighted by Gasteiger charge is 2.40. The third kappa shape index (κ3) is 4.55. The largest absolute Gasteiger partial charge is 0.350 e. The van der Waals surface area contributed by atoms with Crippen LogP contribution in [-0.4, -0.2) is 23.3 Å². The Bertz CT molecular complexity index is 1020. The molecule has 2 aromatic rings. The molecule has 1 N–H and O–H groups in total. The number of nitrogens with zero attached hydrogens (tertiary/aromatic N) is 1. The molecule has 3 rings (SSSR count). The highest BCUT2D eigenvalue weighted by molar-refractivity contribution is 6.41. The first-order chi connectivity index (χ1) is 14.0. The van der Waals surface area contributed by atoms with E-state index in [-0.39, 0.29) is 34.4 Å². The van der Waals surface area contributed by atoms with Gasteiger partial charge in [0.15, 0.2) is 0 Å². The molecular weight excluding hydrogens is 419 g/mol. The normalized spacial score (nSPS) is 14.9. The second kappa shape index (κ2) is 8.44. The van der Waals surface area contributed by atoms with Gasteiger partial charge in [-0.25, -0.2) is 0 Å². The fourth-order valence-corrected chi connectivity index (χ4v) is 3.87. The molecule has 0 radical (unpaired) electrons. The summed E-state index contributed by atoms with van der Waals surface area (Å²) in [6.07, 6.45) is 0. The highest BCUT2D eigenvalue weighted by Crippen LogP contribution is 2.36. The number of nitrogens with one attached hydrogen (secondary N) is 1. The lowest BCUT2D eigenvalue weighted by Gasteiger charge is -2.19. The Morgan fingerprint density at radius 2 is 1.60 bits per heavy atom. The molecule has 6 heteroatoms. The van der Waals surface area contributed by atoms with E-state index in [4.69, 9.17) is 23.2 Å². The van der Waals surface area contributed by atoms with Crippen molar-refractivity contribution in [2.24, 2.45) is 5.92 Å². The van der Waals surface area contributed by atoms with Gasteiger partial charge in [-0.3, -0.25) is 14.5 Å². The van der Waals surface area contributed by atoms with Gasteiger partial charge in [0.2, 0.25) is 0 Å². The lowest BCUT2D eigenvalue weighted by Crippen LogP contribution is -2.35. The predicted molar refractivity (Wildman–Crippen MR) is 124 cm³/mol. The Morgan fingerprint density at radius 3 is 2.13 bits per heavy atom. The van der Waals surface area contributed by atoms with Crippen LogP contribution < -0.4 is 5.32 Å². The van der Waals surface area contributed by atoms with Crippen molar-refractivity contribution in [3.05, 3.63) is 69.3 Å². The SMILES string of the molecule is CC(C)CN1C(=O)C(Nc2ccc(C(C)(C)C)cc2)=C(c2ccc(Cl)cc2Cl)C1=O. The summed E-state index contributed by atoms with van der Waals surface area (Å²) >= 11 is 12.4. The first kappa shape index (κ1) is 22.4. The zero-order chi connectivity index (χ0) is 22.2. The Labute approximate surface area is 187 Å². The molecule has 0 aliphatic carbocycles. The third-order valence-electron chi connectivity index (χ3n) is 4.94. The van der Waals surface area contributed by atoms with E-state index in [0.29, 0.717) is 22.2 Å². The van der Waals surface area contributed by atoms with Crippen molar-refractivity contribution in [2.45, 2.75) is 40.0 Å². The second-order valence-corrected chi connectivity index (χ2v) is 9.78. The summed E-state index contributed by atoms with van der Waals surface area (Å²) in [4.78, 5) is 27.6. The maximum absolute atomic E-state index is 13.2. The van der Waals surface area contributed by atoms with Crippen molar-refractivity contribution in [1.29, 1.82) is 0 Å². The summed E-state index contributed by atoms with van der Waals surface area (Å²) in [5.41, 5.74) is 2.91. The zero-order valence-corrected chi connectivity index (χ0v) is 19.4. The van der Waals surface area contributed by atoms with E-state index in [1.165, 1.54) is 10.5 Å². The van der Waals surface area contributed by atoms with Crippen LogP contribution in [-0.2, 0) is 15.0 Å². The number of imide groups is 1. The molecule has 0 saturated heterocycles. The van der Waals surface area contributed by atoms with Crippen molar-refractivity contribution in [2.75, 3.05) is 11.9 Å². The maximum atomic E-state index is 13.2. The highest BCUT2D eigenvalue weighted by atomic mass is 35.5. The monoisotopic (exact) mass is 444 g/mol. The summed E-state index contributed by atoms with van der Waals surface area (Å²) < 4.78 is 0. The van der Waals surface area contributed by atoms with E-state index in [9.17, 15) is 9.59 Å². The minimum Gasteiger partial charge on any atom is -0.350 e. The summed E-state index contributed by atoms with van der Waals surface area (Å²) in [6, 6.07) is 12.8. The Morgan fingerprint density at radius 1 is 0.967 bits per heavy atom. The molecule has 0 aromatic heterocycles. The molecule has 0 spiro atoms. The van der Waals surface area contributed by atoms with Gasteiger partial charge in [0.25, 0.3) is 11.8 Å². The minimum atomic E-state index is -0.355. The smallest absolute Gasteiger partial charge is 0.278 e. The molecule has 0 saturated carbocycles. The van der Waals surface area contributed by atoms with Gasteiger partial charge in [0, 0.05) is 22.8 Å². The quantitative estimate of drug-likeness (QED) is 0.563. The summed E-state index contributed by atoms with van der Waals surface area (Å²) in [5, 5.41) is 3.96. The van der Waals surface area contributed by atoms with E-state index in [2.05, 4.69) is 26.1 Å². The van der Waals surface area contributed by atoms with Gasteiger partial charge in [-0.05, 0) is 41.2 Å². The van der Waals surface area contributed by atoms with Crippen molar-refractivity contribution in [3.8, 4) is 0 Å². The van der Waals surface area contributed by atoms with Gasteiger partial charge < -0.3 is 5.32 Å². The van der Waals surface area contributed by atoms with Crippen LogP contribution in [0.2, 0.25) is 10.0 Å². The second-order valence-electron chi connectivity index (χ2n) is 8.94. The topological polar surface area (TPSA) is 49.4 Å². The molecule has 0 bridgehead atoms. The maximum Gasteiger partial charge on any atom is 0.278 e. The molecule has 0 atom stereocenters. The predicted octanol–water partition coefficient (Wildman–Crippen LogP) is 6.14. The fraction of sp³-hybridized carbons (Fsp3) is 0.333. The van der Waals surface area contributed by atoms with Crippen LogP contribution >= 0.6 is 23.2 Å². The molecule has 2 aromatic carbocycles. The van der Waals surface area contributed by atoms with Crippen LogP contribution in [0.25, 0.3) is 5.57 Å². The first-order valence-electron chi connectivity index (χ1n) is 9.92. The Hall–Kier alpha value is -2.30. The van der Waals surface area contributed by atoms with E-state index in [1.54, 1.807) is 18.2 Å². The fourth-order valence-electron chi connectivity index (χ4n) is 3.36. The molecule has 30 heavy (non-hydrogen) atoms. The van der Waals surface area contributed by atoms with E-state index in [0.717, 1.165) is 5.69 Å². The molecule has 2 amide bonds. The molecule has 1 aliphatic rings. The van der Waals surface area contributed by atoms with Crippen molar-refractivity contribution in [1.82, 2.24) is 4.90 Å². The van der Waals surface area contributed by atoms with E-state index < -0.39 is 0 Å². The molecular formula is C24H26Cl2N2O2. The molecule has 1 heterocycles. The van der Waals surface area contributed by atoms with Crippen LogP contribution in [0, 0.1) is 5.92 Å². The number of hydrogen-bond donors (Lipinski definition) is 1. The lowest BCUT2D eigenvalue weighted by atomic mass is 9.87. The first-order valence-corrected chi connectivity index (χ1v) is 10.7. The summed E-state index contributed by atoms with van der Waals surface area (Å²) in [6.45, 7) is 10.7.